The van der Waals surface area contributed by atoms with Gasteiger partial charge in [-0.1, -0.05) is 27.2 Å². The first-order chi connectivity index (χ1) is 8.90. The summed E-state index contributed by atoms with van der Waals surface area (Å²) in [4.78, 5) is 12.0. The molecule has 2 nitrogen and oxygen atoms in total. The molecule has 0 N–H and O–H groups in total. The highest BCUT2D eigenvalue weighted by atomic mass is 16.6. The summed E-state index contributed by atoms with van der Waals surface area (Å²) in [6.45, 7) is 7.44. The highest BCUT2D eigenvalue weighted by molar-refractivity contribution is 5.88. The van der Waals surface area contributed by atoms with E-state index in [1.807, 2.05) is 0 Å². The third-order valence-corrected chi connectivity index (χ3v) is 7.18. The second-order valence-electron chi connectivity index (χ2n) is 8.45. The molecule has 0 aromatic rings. The predicted molar refractivity (Wildman–Crippen MR) is 73.8 cm³/mol. The van der Waals surface area contributed by atoms with Crippen molar-refractivity contribution in [3.63, 3.8) is 0 Å². The first-order valence-corrected chi connectivity index (χ1v) is 8.11. The minimum absolute atomic E-state index is 0.0194. The first-order valence-electron chi connectivity index (χ1n) is 8.11. The summed E-state index contributed by atoms with van der Waals surface area (Å²) >= 11 is 0. The van der Waals surface area contributed by atoms with Crippen LogP contribution < -0.4 is 0 Å². The Labute approximate surface area is 116 Å². The van der Waals surface area contributed by atoms with Crippen LogP contribution in [0.2, 0.25) is 0 Å². The maximum absolute atomic E-state index is 12.0. The highest BCUT2D eigenvalue weighted by Crippen LogP contribution is 2.69. The van der Waals surface area contributed by atoms with Crippen molar-refractivity contribution in [3.8, 4) is 0 Å². The Morgan fingerprint density at radius 3 is 2.63 bits per heavy atom. The van der Waals surface area contributed by atoms with Crippen molar-refractivity contribution in [1.29, 1.82) is 0 Å². The van der Waals surface area contributed by atoms with Gasteiger partial charge >= 0.3 is 0 Å². The highest BCUT2D eigenvalue weighted by Gasteiger charge is 2.73. The van der Waals surface area contributed by atoms with Crippen LogP contribution in [-0.2, 0) is 9.53 Å². The van der Waals surface area contributed by atoms with Crippen molar-refractivity contribution in [3.05, 3.63) is 0 Å². The standard InChI is InChI=1S/C17H26O2/c1-15(2)8-4-9-16(3)12(15)7-10-17-13(16)6-5-11(18)14(17)19-17/h12-14H,4-10H2,1-3H3/t12?,13-,14+,16+,17-/m1/s1. The van der Waals surface area contributed by atoms with Crippen LogP contribution in [0.5, 0.6) is 0 Å². The maximum Gasteiger partial charge on any atom is 0.164 e. The Balaban J connectivity index is 1.73. The van der Waals surface area contributed by atoms with Gasteiger partial charge in [0.25, 0.3) is 0 Å². The van der Waals surface area contributed by atoms with Crippen LogP contribution in [0.1, 0.15) is 65.7 Å². The van der Waals surface area contributed by atoms with E-state index in [-0.39, 0.29) is 11.7 Å². The van der Waals surface area contributed by atoms with Gasteiger partial charge in [0.05, 0.1) is 0 Å². The summed E-state index contributed by atoms with van der Waals surface area (Å²) < 4.78 is 6.01. The minimum atomic E-state index is -0.0198. The number of carbonyl (C=O) groups is 1. The first kappa shape index (κ1) is 12.4. The minimum Gasteiger partial charge on any atom is -0.357 e. The molecule has 0 radical (unpaired) electrons. The Hall–Kier alpha value is -0.370. The molecular weight excluding hydrogens is 236 g/mol. The van der Waals surface area contributed by atoms with Gasteiger partial charge in [-0.05, 0) is 54.8 Å². The van der Waals surface area contributed by atoms with Crippen molar-refractivity contribution in [2.75, 3.05) is 0 Å². The number of epoxide rings is 1. The van der Waals surface area contributed by atoms with Crippen LogP contribution in [0, 0.1) is 22.7 Å². The predicted octanol–water partition coefficient (Wildman–Crippen LogP) is 3.73. The number of rotatable bonds is 0. The molecule has 19 heavy (non-hydrogen) atoms. The van der Waals surface area contributed by atoms with Crippen molar-refractivity contribution in [2.24, 2.45) is 22.7 Å². The molecule has 1 spiro atoms. The lowest BCUT2D eigenvalue weighted by Crippen LogP contribution is -2.56. The van der Waals surface area contributed by atoms with Crippen LogP contribution in [-0.4, -0.2) is 17.5 Å². The summed E-state index contributed by atoms with van der Waals surface area (Å²) in [7, 11) is 0. The Morgan fingerprint density at radius 1 is 1.05 bits per heavy atom. The summed E-state index contributed by atoms with van der Waals surface area (Å²) in [5.41, 5.74) is 0.865. The van der Waals surface area contributed by atoms with Crippen molar-refractivity contribution in [1.82, 2.24) is 0 Å². The van der Waals surface area contributed by atoms with Crippen molar-refractivity contribution >= 4 is 5.78 Å². The molecule has 1 saturated heterocycles. The molecule has 1 unspecified atom stereocenters. The second-order valence-corrected chi connectivity index (χ2v) is 8.45. The van der Waals surface area contributed by atoms with Gasteiger partial charge in [0.2, 0.25) is 0 Å². The topological polar surface area (TPSA) is 29.6 Å². The third kappa shape index (κ3) is 1.39. The molecular formula is C17H26O2. The molecule has 0 amide bonds. The third-order valence-electron chi connectivity index (χ3n) is 7.18. The molecule has 5 atom stereocenters. The van der Waals surface area contributed by atoms with E-state index >= 15 is 0 Å². The molecule has 0 aromatic heterocycles. The summed E-state index contributed by atoms with van der Waals surface area (Å²) in [5.74, 6) is 1.84. The number of Topliss-reactive ketones (excluding diaryl/α,β-unsaturated/α-hetero) is 1. The quantitative estimate of drug-likeness (QED) is 0.623. The fourth-order valence-corrected chi connectivity index (χ4v) is 6.38. The van der Waals surface area contributed by atoms with Gasteiger partial charge in [-0.3, -0.25) is 4.79 Å². The van der Waals surface area contributed by atoms with Crippen molar-refractivity contribution < 1.29 is 9.53 Å². The zero-order valence-corrected chi connectivity index (χ0v) is 12.5. The average molecular weight is 262 g/mol. The molecule has 4 fully saturated rings. The number of carbonyl (C=O) groups excluding carboxylic acids is 1. The SMILES string of the molecule is CC1(C)CCC[C@@]2(C)C1CC[C@]13O[C@H]1C(=O)CC[C@@H]32. The van der Waals surface area contributed by atoms with Gasteiger partial charge in [0.1, 0.15) is 11.7 Å². The number of fused-ring (bicyclic) bond motifs is 2. The fraction of sp³-hybridized carbons (Fsp3) is 0.941. The Bertz CT molecular complexity index is 441. The van der Waals surface area contributed by atoms with Gasteiger partial charge in [0, 0.05) is 6.42 Å². The smallest absolute Gasteiger partial charge is 0.164 e. The van der Waals surface area contributed by atoms with Gasteiger partial charge < -0.3 is 4.74 Å². The number of hydrogen-bond donors (Lipinski definition) is 0. The number of ether oxygens (including phenoxy) is 1. The molecule has 106 valence electrons. The molecule has 2 heteroatoms. The zero-order chi connectivity index (χ0) is 13.5. The lowest BCUT2D eigenvalue weighted by molar-refractivity contribution is -0.128. The molecule has 1 aliphatic heterocycles. The van der Waals surface area contributed by atoms with E-state index in [0.717, 1.165) is 25.2 Å². The molecule has 4 aliphatic rings. The van der Waals surface area contributed by atoms with E-state index in [2.05, 4.69) is 20.8 Å². The van der Waals surface area contributed by atoms with Gasteiger partial charge in [-0.25, -0.2) is 0 Å². The average Bonchev–Trinajstić information content (AvgIpc) is 3.03. The molecule has 3 saturated carbocycles. The van der Waals surface area contributed by atoms with E-state index in [1.54, 1.807) is 0 Å². The lowest BCUT2D eigenvalue weighted by Gasteiger charge is -2.59. The molecule has 0 bridgehead atoms. The summed E-state index contributed by atoms with van der Waals surface area (Å²) in [5, 5.41) is 0. The van der Waals surface area contributed by atoms with Crippen LogP contribution >= 0.6 is 0 Å². The molecule has 0 aromatic carbocycles. The number of ketones is 1. The van der Waals surface area contributed by atoms with E-state index in [1.165, 1.54) is 25.7 Å². The maximum atomic E-state index is 12.0. The van der Waals surface area contributed by atoms with Gasteiger partial charge in [-0.2, -0.15) is 0 Å². The zero-order valence-electron chi connectivity index (χ0n) is 12.5. The van der Waals surface area contributed by atoms with Crippen molar-refractivity contribution in [2.45, 2.75) is 77.4 Å². The van der Waals surface area contributed by atoms with E-state index in [4.69, 9.17) is 4.74 Å². The summed E-state index contributed by atoms with van der Waals surface area (Å²) in [6.07, 6.45) is 8.30. The van der Waals surface area contributed by atoms with Crippen LogP contribution in [0.3, 0.4) is 0 Å². The largest absolute Gasteiger partial charge is 0.357 e. The van der Waals surface area contributed by atoms with E-state index in [9.17, 15) is 4.79 Å². The Kier molecular flexibility index (Phi) is 2.24. The monoisotopic (exact) mass is 262 g/mol. The second kappa shape index (κ2) is 3.44. The lowest BCUT2D eigenvalue weighted by atomic mass is 9.44. The van der Waals surface area contributed by atoms with Crippen LogP contribution in [0.15, 0.2) is 0 Å². The van der Waals surface area contributed by atoms with Crippen LogP contribution in [0.25, 0.3) is 0 Å². The van der Waals surface area contributed by atoms with Crippen LogP contribution in [0.4, 0.5) is 0 Å². The van der Waals surface area contributed by atoms with E-state index < -0.39 is 0 Å². The normalized spacial score (nSPS) is 54.9. The van der Waals surface area contributed by atoms with Gasteiger partial charge in [0.15, 0.2) is 5.78 Å². The van der Waals surface area contributed by atoms with E-state index in [0.29, 0.717) is 22.5 Å². The molecule has 3 aliphatic carbocycles. The molecule has 4 rings (SSSR count). The Morgan fingerprint density at radius 2 is 1.84 bits per heavy atom. The fourth-order valence-electron chi connectivity index (χ4n) is 6.38. The van der Waals surface area contributed by atoms with Gasteiger partial charge in [-0.15, -0.1) is 0 Å². The molecule has 1 heterocycles. The summed E-state index contributed by atoms with van der Waals surface area (Å²) in [6, 6.07) is 0. The number of hydrogen-bond acceptors (Lipinski definition) is 2.